The summed E-state index contributed by atoms with van der Waals surface area (Å²) in [7, 11) is 0. The summed E-state index contributed by atoms with van der Waals surface area (Å²) in [6.45, 7) is 9.61. The van der Waals surface area contributed by atoms with Gasteiger partial charge in [-0.05, 0) is 57.3 Å². The minimum atomic E-state index is -1.43. The topological polar surface area (TPSA) is 72.8 Å². The number of carbonyl (C=O) groups excluding carboxylic acids is 2. The average molecular weight is 348 g/mol. The SMILES string of the molecule is CC=C(C)C(=O)O[C@H]1CC[C@H]2C[C@]3(O)OC(=O)C(C)=C3C[C@@]2(C)[C@H]1C. The third kappa shape index (κ3) is 2.73. The van der Waals surface area contributed by atoms with Gasteiger partial charge in [-0.25, -0.2) is 9.59 Å². The monoisotopic (exact) mass is 348 g/mol. The molecule has 5 heteroatoms. The van der Waals surface area contributed by atoms with Crippen molar-refractivity contribution in [2.24, 2.45) is 17.3 Å². The van der Waals surface area contributed by atoms with E-state index in [2.05, 4.69) is 13.8 Å². The average Bonchev–Trinajstić information content (AvgIpc) is 2.78. The first-order valence-corrected chi connectivity index (χ1v) is 9.12. The molecule has 25 heavy (non-hydrogen) atoms. The Morgan fingerprint density at radius 3 is 2.72 bits per heavy atom. The summed E-state index contributed by atoms with van der Waals surface area (Å²) < 4.78 is 11.1. The Labute approximate surface area is 149 Å². The van der Waals surface area contributed by atoms with Crippen LogP contribution in [0.15, 0.2) is 22.8 Å². The zero-order chi connectivity index (χ0) is 18.6. The largest absolute Gasteiger partial charge is 0.459 e. The molecule has 138 valence electrons. The molecule has 5 atom stereocenters. The number of esters is 2. The molecule has 3 aliphatic rings. The van der Waals surface area contributed by atoms with Gasteiger partial charge in [-0.3, -0.25) is 0 Å². The molecule has 0 bridgehead atoms. The highest BCUT2D eigenvalue weighted by Gasteiger charge is 2.59. The fraction of sp³-hybridized carbons (Fsp3) is 0.700. The molecule has 2 fully saturated rings. The number of carbonyl (C=O) groups is 2. The van der Waals surface area contributed by atoms with Crippen LogP contribution in [-0.2, 0) is 19.1 Å². The van der Waals surface area contributed by atoms with Crippen LogP contribution >= 0.6 is 0 Å². The van der Waals surface area contributed by atoms with Crippen molar-refractivity contribution >= 4 is 11.9 Å². The van der Waals surface area contributed by atoms with Crippen molar-refractivity contribution in [3.8, 4) is 0 Å². The highest BCUT2D eigenvalue weighted by molar-refractivity contribution is 5.92. The number of allylic oxidation sites excluding steroid dienone is 1. The number of fused-ring (bicyclic) bond motifs is 2. The Morgan fingerprint density at radius 1 is 1.40 bits per heavy atom. The first-order chi connectivity index (χ1) is 11.6. The lowest BCUT2D eigenvalue weighted by Gasteiger charge is -2.54. The number of hydrogen-bond donors (Lipinski definition) is 1. The van der Waals surface area contributed by atoms with Crippen LogP contribution < -0.4 is 0 Å². The van der Waals surface area contributed by atoms with Crippen molar-refractivity contribution in [2.75, 3.05) is 0 Å². The van der Waals surface area contributed by atoms with Gasteiger partial charge in [0.15, 0.2) is 0 Å². The van der Waals surface area contributed by atoms with Gasteiger partial charge in [0.25, 0.3) is 0 Å². The highest BCUT2D eigenvalue weighted by atomic mass is 16.7. The van der Waals surface area contributed by atoms with Crippen LogP contribution in [0.1, 0.15) is 60.3 Å². The van der Waals surface area contributed by atoms with E-state index in [4.69, 9.17) is 9.47 Å². The lowest BCUT2D eigenvalue weighted by Crippen LogP contribution is -2.54. The molecule has 0 radical (unpaired) electrons. The molecule has 1 N–H and O–H groups in total. The summed E-state index contributed by atoms with van der Waals surface area (Å²) in [5.41, 5.74) is 1.72. The van der Waals surface area contributed by atoms with Crippen LogP contribution in [-0.4, -0.2) is 28.9 Å². The third-order valence-corrected chi connectivity index (χ3v) is 6.92. The van der Waals surface area contributed by atoms with E-state index in [1.165, 1.54) is 0 Å². The zero-order valence-electron chi connectivity index (χ0n) is 15.7. The number of aliphatic hydroxyl groups is 1. The maximum Gasteiger partial charge on any atom is 0.336 e. The minimum Gasteiger partial charge on any atom is -0.459 e. The summed E-state index contributed by atoms with van der Waals surface area (Å²) in [5, 5.41) is 10.8. The molecule has 0 spiro atoms. The minimum absolute atomic E-state index is 0.135. The van der Waals surface area contributed by atoms with Gasteiger partial charge in [0.2, 0.25) is 5.79 Å². The Kier molecular flexibility index (Phi) is 4.34. The summed E-state index contributed by atoms with van der Waals surface area (Å²) in [6.07, 6.45) is 4.27. The van der Waals surface area contributed by atoms with E-state index in [9.17, 15) is 14.7 Å². The van der Waals surface area contributed by atoms with E-state index in [0.717, 1.165) is 12.8 Å². The van der Waals surface area contributed by atoms with E-state index in [-0.39, 0.29) is 29.3 Å². The number of hydrogen-bond acceptors (Lipinski definition) is 5. The van der Waals surface area contributed by atoms with Crippen molar-refractivity contribution < 1.29 is 24.2 Å². The van der Waals surface area contributed by atoms with Gasteiger partial charge in [-0.15, -0.1) is 0 Å². The standard InChI is InChI=1S/C20H28O5/c1-6-11(2)17(21)24-16-8-7-14-9-20(23)15(12(3)18(22)25-20)10-19(14,5)13(16)4/h6,13-14,16,23H,7-10H2,1-5H3/t13-,14-,16-,19-,20-/m0/s1. The number of rotatable bonds is 2. The molecule has 0 aromatic rings. The molecule has 0 aromatic heterocycles. The lowest BCUT2D eigenvalue weighted by molar-refractivity contribution is -0.211. The summed E-state index contributed by atoms with van der Waals surface area (Å²) in [4.78, 5) is 24.1. The maximum absolute atomic E-state index is 12.2. The first kappa shape index (κ1) is 18.2. The third-order valence-electron chi connectivity index (χ3n) is 6.92. The quantitative estimate of drug-likeness (QED) is 0.612. The van der Waals surface area contributed by atoms with Gasteiger partial charge in [0, 0.05) is 23.1 Å². The fourth-order valence-electron chi connectivity index (χ4n) is 4.75. The van der Waals surface area contributed by atoms with Crippen LogP contribution in [0, 0.1) is 17.3 Å². The van der Waals surface area contributed by atoms with Crippen molar-refractivity contribution in [3.63, 3.8) is 0 Å². The van der Waals surface area contributed by atoms with Crippen molar-refractivity contribution in [3.05, 3.63) is 22.8 Å². The van der Waals surface area contributed by atoms with Crippen LogP contribution in [0.5, 0.6) is 0 Å². The predicted octanol–water partition coefficient (Wildman–Crippen LogP) is 3.27. The van der Waals surface area contributed by atoms with Crippen LogP contribution in [0.4, 0.5) is 0 Å². The molecule has 3 rings (SSSR count). The van der Waals surface area contributed by atoms with Crippen LogP contribution in [0.2, 0.25) is 0 Å². The molecule has 0 amide bonds. The van der Waals surface area contributed by atoms with E-state index in [1.54, 1.807) is 19.9 Å². The Hall–Kier alpha value is -1.62. The van der Waals surface area contributed by atoms with Crippen LogP contribution in [0.25, 0.3) is 0 Å². The predicted molar refractivity (Wildman–Crippen MR) is 92.3 cm³/mol. The van der Waals surface area contributed by atoms with Crippen molar-refractivity contribution in [2.45, 2.75) is 72.2 Å². The molecule has 0 aromatic carbocycles. The summed E-state index contributed by atoms with van der Waals surface area (Å²) in [5.74, 6) is -1.74. The molecule has 1 aliphatic heterocycles. The molecular formula is C20H28O5. The van der Waals surface area contributed by atoms with Gasteiger partial charge in [-0.2, -0.15) is 0 Å². The van der Waals surface area contributed by atoms with E-state index in [0.29, 0.717) is 29.6 Å². The lowest BCUT2D eigenvalue weighted by atomic mass is 9.53. The molecule has 5 nitrogen and oxygen atoms in total. The van der Waals surface area contributed by atoms with Crippen LogP contribution in [0.3, 0.4) is 0 Å². The van der Waals surface area contributed by atoms with Gasteiger partial charge in [0.1, 0.15) is 6.10 Å². The second-order valence-corrected chi connectivity index (χ2v) is 8.14. The van der Waals surface area contributed by atoms with E-state index in [1.807, 2.05) is 6.92 Å². The molecule has 1 heterocycles. The maximum atomic E-state index is 12.2. The molecule has 2 aliphatic carbocycles. The van der Waals surface area contributed by atoms with E-state index >= 15 is 0 Å². The van der Waals surface area contributed by atoms with Gasteiger partial charge >= 0.3 is 11.9 Å². The van der Waals surface area contributed by atoms with Gasteiger partial charge in [0.05, 0.1) is 0 Å². The number of ether oxygens (including phenoxy) is 2. The molecule has 0 unspecified atom stereocenters. The normalized spacial score (nSPS) is 41.1. The van der Waals surface area contributed by atoms with Gasteiger partial charge < -0.3 is 14.6 Å². The second kappa shape index (κ2) is 5.97. The summed E-state index contributed by atoms with van der Waals surface area (Å²) >= 11 is 0. The molecule has 0 saturated heterocycles. The second-order valence-electron chi connectivity index (χ2n) is 8.14. The van der Waals surface area contributed by atoms with Crippen molar-refractivity contribution in [1.29, 1.82) is 0 Å². The van der Waals surface area contributed by atoms with Gasteiger partial charge in [-0.1, -0.05) is 19.9 Å². The molecule has 2 saturated carbocycles. The summed E-state index contributed by atoms with van der Waals surface area (Å²) in [6, 6.07) is 0. The first-order valence-electron chi connectivity index (χ1n) is 9.12. The van der Waals surface area contributed by atoms with Crippen molar-refractivity contribution in [1.82, 2.24) is 0 Å². The Morgan fingerprint density at radius 2 is 2.08 bits per heavy atom. The zero-order valence-corrected chi connectivity index (χ0v) is 15.7. The Balaban J connectivity index is 1.85. The molecular weight excluding hydrogens is 320 g/mol. The smallest absolute Gasteiger partial charge is 0.336 e. The highest BCUT2D eigenvalue weighted by Crippen LogP contribution is 2.59. The van der Waals surface area contributed by atoms with E-state index < -0.39 is 11.8 Å². The Bertz CT molecular complexity index is 676. The fourth-order valence-corrected chi connectivity index (χ4v) is 4.75.